The van der Waals surface area contributed by atoms with E-state index >= 15 is 0 Å². The van der Waals surface area contributed by atoms with Gasteiger partial charge in [-0.25, -0.2) is 4.79 Å². The lowest BCUT2D eigenvalue weighted by Crippen LogP contribution is -2.24. The molecule has 0 spiro atoms. The summed E-state index contributed by atoms with van der Waals surface area (Å²) in [4.78, 5) is 23.8. The van der Waals surface area contributed by atoms with E-state index in [9.17, 15) is 19.1 Å². The molecule has 3 rings (SSSR count). The highest BCUT2D eigenvalue weighted by molar-refractivity contribution is 6.11. The first kappa shape index (κ1) is 13.6. The van der Waals surface area contributed by atoms with Gasteiger partial charge in [-0.1, -0.05) is 6.92 Å². The minimum absolute atomic E-state index is 0.0352. The van der Waals surface area contributed by atoms with Gasteiger partial charge in [-0.2, -0.15) is 4.39 Å². The fourth-order valence-corrected chi connectivity index (χ4v) is 2.70. The summed E-state index contributed by atoms with van der Waals surface area (Å²) in [7, 11) is 0. The molecule has 6 heteroatoms. The van der Waals surface area contributed by atoms with Crippen molar-refractivity contribution in [3.63, 3.8) is 0 Å². The Balaban J connectivity index is 2.50. The summed E-state index contributed by atoms with van der Waals surface area (Å²) in [5, 5.41) is 10.2. The average molecular weight is 292 g/mol. The molecule has 1 aliphatic rings. The average Bonchev–Trinajstić information content (AvgIpc) is 2.40. The van der Waals surface area contributed by atoms with Gasteiger partial charge >= 0.3 is 5.63 Å². The maximum atomic E-state index is 13.9. The summed E-state index contributed by atoms with van der Waals surface area (Å²) >= 11 is 0. The van der Waals surface area contributed by atoms with Crippen LogP contribution in [-0.2, 0) is 6.42 Å². The van der Waals surface area contributed by atoms with Crippen LogP contribution < -0.4 is 10.4 Å². The van der Waals surface area contributed by atoms with Gasteiger partial charge in [0.15, 0.2) is 11.4 Å². The molecule has 1 aromatic heterocycles. The number of aryl methyl sites for hydroxylation is 1. The second-order valence-corrected chi connectivity index (χ2v) is 5.06. The molecule has 5 nitrogen and oxygen atoms in total. The van der Waals surface area contributed by atoms with E-state index in [4.69, 9.17) is 9.15 Å². The zero-order valence-electron chi connectivity index (χ0n) is 11.5. The molecule has 0 fully saturated rings. The second-order valence-electron chi connectivity index (χ2n) is 5.06. The Morgan fingerprint density at radius 3 is 2.81 bits per heavy atom. The molecule has 0 radical (unpaired) electrons. The lowest BCUT2D eigenvalue weighted by atomic mass is 9.96. The fourth-order valence-electron chi connectivity index (χ4n) is 2.70. The lowest BCUT2D eigenvalue weighted by Gasteiger charge is -2.23. The summed E-state index contributed by atoms with van der Waals surface area (Å²) in [6.07, 6.45) is -0.0131. The highest BCUT2D eigenvalue weighted by atomic mass is 19.1. The van der Waals surface area contributed by atoms with Gasteiger partial charge in [0, 0.05) is 18.1 Å². The molecule has 0 amide bonds. The molecule has 0 saturated heterocycles. The normalized spacial score (nSPS) is 17.7. The topological polar surface area (TPSA) is 76.7 Å². The van der Waals surface area contributed by atoms with Crippen LogP contribution in [0.15, 0.2) is 15.3 Å². The molecule has 110 valence electrons. The smallest absolute Gasteiger partial charge is 0.372 e. The van der Waals surface area contributed by atoms with Gasteiger partial charge in [0.05, 0.1) is 5.39 Å². The number of ketones is 1. The van der Waals surface area contributed by atoms with Gasteiger partial charge < -0.3 is 14.3 Å². The van der Waals surface area contributed by atoms with Crippen molar-refractivity contribution in [3.05, 3.63) is 33.4 Å². The first-order valence-electron chi connectivity index (χ1n) is 6.65. The molecule has 0 saturated carbocycles. The van der Waals surface area contributed by atoms with E-state index in [1.54, 1.807) is 13.8 Å². The van der Waals surface area contributed by atoms with E-state index in [0.29, 0.717) is 0 Å². The molecule has 21 heavy (non-hydrogen) atoms. The quantitative estimate of drug-likeness (QED) is 0.817. The van der Waals surface area contributed by atoms with Crippen LogP contribution in [0.4, 0.5) is 4.39 Å². The fraction of sp³-hybridized carbons (Fsp3) is 0.333. The number of carbonyl (C=O) groups is 1. The number of halogens is 1. The number of fused-ring (bicyclic) bond motifs is 3. The zero-order chi connectivity index (χ0) is 15.3. The third-order valence-corrected chi connectivity index (χ3v) is 3.60. The van der Waals surface area contributed by atoms with Crippen molar-refractivity contribution in [1.29, 1.82) is 0 Å². The summed E-state index contributed by atoms with van der Waals surface area (Å²) in [6.45, 7) is 3.37. The Morgan fingerprint density at radius 2 is 2.14 bits per heavy atom. The SMILES string of the molecule is CCc1c(F)c(=O)oc2c3c(cc(O)c12)OC(C)CC3=O. The van der Waals surface area contributed by atoms with Gasteiger partial charge in [0.25, 0.3) is 0 Å². The van der Waals surface area contributed by atoms with Crippen LogP contribution in [0.25, 0.3) is 11.0 Å². The molecule has 2 aromatic rings. The van der Waals surface area contributed by atoms with Gasteiger partial charge in [0.1, 0.15) is 23.2 Å². The Hall–Kier alpha value is -2.37. The molecule has 0 bridgehead atoms. The van der Waals surface area contributed by atoms with Crippen molar-refractivity contribution in [3.8, 4) is 11.5 Å². The molecule has 0 aliphatic carbocycles. The van der Waals surface area contributed by atoms with E-state index < -0.39 is 11.4 Å². The number of aromatic hydroxyl groups is 1. The van der Waals surface area contributed by atoms with Crippen molar-refractivity contribution in [1.82, 2.24) is 0 Å². The Labute approximate surface area is 118 Å². The first-order chi connectivity index (χ1) is 9.93. The molecule has 1 aromatic carbocycles. The number of hydrogen-bond acceptors (Lipinski definition) is 5. The largest absolute Gasteiger partial charge is 0.507 e. The van der Waals surface area contributed by atoms with Gasteiger partial charge in [-0.3, -0.25) is 4.79 Å². The van der Waals surface area contributed by atoms with Crippen LogP contribution in [0.1, 0.15) is 36.2 Å². The third-order valence-electron chi connectivity index (χ3n) is 3.60. The number of phenols is 1. The predicted molar refractivity (Wildman–Crippen MR) is 72.5 cm³/mol. The minimum Gasteiger partial charge on any atom is -0.507 e. The van der Waals surface area contributed by atoms with Crippen LogP contribution in [0, 0.1) is 5.82 Å². The molecule has 1 unspecified atom stereocenters. The van der Waals surface area contributed by atoms with Crippen LogP contribution in [-0.4, -0.2) is 17.0 Å². The van der Waals surface area contributed by atoms with E-state index in [-0.39, 0.29) is 58.3 Å². The number of benzene rings is 1. The van der Waals surface area contributed by atoms with Crippen molar-refractivity contribution < 1.29 is 23.4 Å². The molecular formula is C15H13FO5. The minimum atomic E-state index is -1.15. The van der Waals surface area contributed by atoms with Crippen LogP contribution in [0.3, 0.4) is 0 Å². The third kappa shape index (κ3) is 1.90. The van der Waals surface area contributed by atoms with Crippen LogP contribution in [0.5, 0.6) is 11.5 Å². The molecule has 1 aliphatic heterocycles. The van der Waals surface area contributed by atoms with E-state index in [1.807, 2.05) is 0 Å². The lowest BCUT2D eigenvalue weighted by molar-refractivity contribution is 0.0871. The molecule has 1 atom stereocenters. The van der Waals surface area contributed by atoms with E-state index in [0.717, 1.165) is 0 Å². The number of Topliss-reactive ketones (excluding diaryl/α,β-unsaturated/α-hetero) is 1. The number of phenolic OH excluding ortho intramolecular Hbond substituents is 1. The number of rotatable bonds is 1. The van der Waals surface area contributed by atoms with Crippen molar-refractivity contribution in [2.24, 2.45) is 0 Å². The monoisotopic (exact) mass is 292 g/mol. The summed E-state index contributed by atoms with van der Waals surface area (Å²) in [5.41, 5.74) is -1.13. The molecular weight excluding hydrogens is 279 g/mol. The first-order valence-corrected chi connectivity index (χ1v) is 6.65. The number of carbonyl (C=O) groups excluding carboxylic acids is 1. The Morgan fingerprint density at radius 1 is 1.43 bits per heavy atom. The van der Waals surface area contributed by atoms with E-state index in [1.165, 1.54) is 6.07 Å². The van der Waals surface area contributed by atoms with Crippen molar-refractivity contribution >= 4 is 16.8 Å². The van der Waals surface area contributed by atoms with E-state index in [2.05, 4.69) is 0 Å². The summed E-state index contributed by atoms with van der Waals surface area (Å²) in [5.74, 6) is -1.42. The second kappa shape index (κ2) is 4.58. The standard InChI is InChI=1S/C15H13FO5/c1-3-7-11-9(18)5-10-12(8(17)4-6(2)20-10)14(11)21-15(19)13(7)16/h5-6,18H,3-4H2,1-2H3. The number of ether oxygens (including phenoxy) is 1. The van der Waals surface area contributed by atoms with Crippen molar-refractivity contribution in [2.75, 3.05) is 0 Å². The zero-order valence-corrected chi connectivity index (χ0v) is 11.5. The predicted octanol–water partition coefficient (Wildman–Crippen LogP) is 2.55. The van der Waals surface area contributed by atoms with Crippen molar-refractivity contribution in [2.45, 2.75) is 32.8 Å². The van der Waals surface area contributed by atoms with Gasteiger partial charge in [-0.15, -0.1) is 0 Å². The highest BCUT2D eigenvalue weighted by Crippen LogP contribution is 2.40. The van der Waals surface area contributed by atoms with Gasteiger partial charge in [0.2, 0.25) is 5.82 Å². The Kier molecular flexibility index (Phi) is 2.97. The number of hydrogen-bond donors (Lipinski definition) is 1. The summed E-state index contributed by atoms with van der Waals surface area (Å²) in [6, 6.07) is 1.27. The maximum Gasteiger partial charge on any atom is 0.372 e. The Bertz CT molecular complexity index is 821. The van der Waals surface area contributed by atoms with Gasteiger partial charge in [-0.05, 0) is 13.3 Å². The maximum absolute atomic E-state index is 13.9. The van der Waals surface area contributed by atoms with Crippen LogP contribution >= 0.6 is 0 Å². The van der Waals surface area contributed by atoms with Crippen LogP contribution in [0.2, 0.25) is 0 Å². The highest BCUT2D eigenvalue weighted by Gasteiger charge is 2.30. The summed E-state index contributed by atoms with van der Waals surface area (Å²) < 4.78 is 24.3. The molecule has 1 N–H and O–H groups in total. The molecule has 2 heterocycles.